The van der Waals surface area contributed by atoms with Gasteiger partial charge in [0.2, 0.25) is 5.88 Å². The van der Waals surface area contributed by atoms with E-state index in [2.05, 4.69) is 46.6 Å². The first-order valence-electron chi connectivity index (χ1n) is 16.8. The van der Waals surface area contributed by atoms with Crippen molar-refractivity contribution in [2.75, 3.05) is 18.1 Å². The summed E-state index contributed by atoms with van der Waals surface area (Å²) in [7, 11) is -5.91. The summed E-state index contributed by atoms with van der Waals surface area (Å²) in [4.78, 5) is 25.4. The second kappa shape index (κ2) is 10.1. The van der Waals surface area contributed by atoms with Gasteiger partial charge in [-0.05, 0) is 105 Å². The molecule has 5 heterocycles. The predicted octanol–water partition coefficient (Wildman–Crippen LogP) is 5.75. The van der Waals surface area contributed by atoms with Gasteiger partial charge in [0.25, 0.3) is 15.9 Å². The van der Waals surface area contributed by atoms with E-state index in [0.29, 0.717) is 46.9 Å². The Labute approximate surface area is 272 Å². The monoisotopic (exact) mass is 660 g/mol. The van der Waals surface area contributed by atoms with E-state index in [-0.39, 0.29) is 16.1 Å². The molecule has 2 aliphatic heterocycles. The van der Waals surface area contributed by atoms with Gasteiger partial charge < -0.3 is 9.64 Å². The molecular formula is C34H44N6O4SSi. The zero-order chi connectivity index (χ0) is 32.1. The fourth-order valence-electron chi connectivity index (χ4n) is 9.14. The van der Waals surface area contributed by atoms with Gasteiger partial charge in [-0.3, -0.25) is 4.79 Å². The average Bonchev–Trinajstić information content (AvgIpc) is 3.96. The zero-order valence-corrected chi connectivity index (χ0v) is 29.1. The van der Waals surface area contributed by atoms with Gasteiger partial charge in [0, 0.05) is 30.0 Å². The first-order chi connectivity index (χ1) is 21.8. The van der Waals surface area contributed by atoms with E-state index < -0.39 is 24.0 Å². The molecule has 8 rings (SSSR count). The zero-order valence-electron chi connectivity index (χ0n) is 27.3. The third-order valence-electron chi connectivity index (χ3n) is 12.2. The van der Waals surface area contributed by atoms with Gasteiger partial charge in [0.05, 0.1) is 20.2 Å². The molecule has 1 amide bonds. The molecule has 1 N–H and O–H groups in total. The summed E-state index contributed by atoms with van der Waals surface area (Å²) >= 11 is 0. The Balaban J connectivity index is 1.10. The van der Waals surface area contributed by atoms with E-state index in [1.807, 2.05) is 18.3 Å². The number of sulfonamides is 1. The standard InChI is InChI=1S/C34H44N6O4SSi/c1-32(2)21-24-22-39(32)30-25(31(41)38-45(42,43)29-9-5-7-23(35-29)8-6-20-46(24,3)4)10-11-27(36-30)40-18-12-28(37-40)44-19-13-26-33(14-15-33)34(26)16-17-34/h5,7,9-12,18,24,26H,6,8,13-17,19-22H2,1-4H3,(H,38,41). The van der Waals surface area contributed by atoms with Crippen LogP contribution in [0.15, 0.2) is 47.6 Å². The number of pyridine rings is 2. The number of nitrogens with zero attached hydrogens (tertiary/aromatic N) is 5. The highest BCUT2D eigenvalue weighted by Gasteiger charge is 2.85. The number of anilines is 1. The van der Waals surface area contributed by atoms with Gasteiger partial charge >= 0.3 is 0 Å². The molecule has 5 aliphatic rings. The van der Waals surface area contributed by atoms with Gasteiger partial charge in [-0.25, -0.2) is 19.4 Å². The van der Waals surface area contributed by atoms with Crippen molar-refractivity contribution >= 4 is 29.8 Å². The Hall–Kier alpha value is -3.25. The Morgan fingerprint density at radius 1 is 1.04 bits per heavy atom. The third kappa shape index (κ3) is 4.89. The highest BCUT2D eigenvalue weighted by Crippen LogP contribution is 2.93. The summed E-state index contributed by atoms with van der Waals surface area (Å²) in [6.45, 7) is 10.7. The lowest BCUT2D eigenvalue weighted by molar-refractivity contribution is 0.0981. The van der Waals surface area contributed by atoms with Crippen molar-refractivity contribution < 1.29 is 17.9 Å². The predicted molar refractivity (Wildman–Crippen MR) is 178 cm³/mol. The largest absolute Gasteiger partial charge is 0.477 e. The molecule has 4 bridgehead atoms. The summed E-state index contributed by atoms with van der Waals surface area (Å²) in [5.74, 6) is 1.67. The number of carbonyl (C=O) groups is 1. The quantitative estimate of drug-likeness (QED) is 0.344. The molecule has 46 heavy (non-hydrogen) atoms. The molecule has 2 spiro atoms. The third-order valence-corrected chi connectivity index (χ3v) is 17.6. The molecule has 1 saturated heterocycles. The van der Waals surface area contributed by atoms with Crippen molar-refractivity contribution in [2.24, 2.45) is 16.7 Å². The molecule has 0 aromatic carbocycles. The van der Waals surface area contributed by atoms with E-state index in [1.54, 1.807) is 22.9 Å². The highest BCUT2D eigenvalue weighted by atomic mass is 32.2. The van der Waals surface area contributed by atoms with E-state index in [1.165, 1.54) is 31.7 Å². The topological polar surface area (TPSA) is 119 Å². The van der Waals surface area contributed by atoms with Gasteiger partial charge in [-0.1, -0.05) is 31.6 Å². The SMILES string of the molecule is CC1(C)CC2CN1c1nc(-n3ccc(OCCC4C5(CC5)C45CC5)n3)ccc1C(=O)NS(=O)(=O)c1cccc(n1)CCC[Si]2(C)C. The number of carbonyl (C=O) groups excluding carboxylic acids is 1. The Kier molecular flexibility index (Phi) is 6.62. The molecular weight excluding hydrogens is 617 g/mol. The van der Waals surface area contributed by atoms with Crippen molar-refractivity contribution in [1.82, 2.24) is 24.5 Å². The van der Waals surface area contributed by atoms with Crippen LogP contribution in [0.5, 0.6) is 5.88 Å². The molecule has 3 saturated carbocycles. The van der Waals surface area contributed by atoms with Crippen molar-refractivity contribution in [2.45, 2.75) is 100 Å². The molecule has 244 valence electrons. The van der Waals surface area contributed by atoms with Crippen LogP contribution in [0.3, 0.4) is 0 Å². The van der Waals surface area contributed by atoms with Gasteiger partial charge in [-0.15, -0.1) is 5.10 Å². The fraction of sp³-hybridized carbons (Fsp3) is 0.588. The smallest absolute Gasteiger partial charge is 0.281 e. The van der Waals surface area contributed by atoms with Crippen molar-refractivity contribution in [3.05, 3.63) is 53.9 Å². The van der Waals surface area contributed by atoms with Crippen LogP contribution in [0, 0.1) is 16.7 Å². The lowest BCUT2D eigenvalue weighted by Gasteiger charge is -2.34. The van der Waals surface area contributed by atoms with Crippen LogP contribution in [0.2, 0.25) is 24.7 Å². The fourth-order valence-corrected chi connectivity index (χ4v) is 13.3. The molecule has 1 atom stereocenters. The molecule has 3 aliphatic carbocycles. The number of aryl methyl sites for hydroxylation is 1. The number of ether oxygens (including phenoxy) is 1. The maximum absolute atomic E-state index is 13.8. The number of fused-ring (bicyclic) bond motifs is 7. The minimum absolute atomic E-state index is 0.150. The number of rotatable bonds is 5. The van der Waals surface area contributed by atoms with Gasteiger partial charge in [-0.2, -0.15) is 8.42 Å². The molecule has 3 aromatic rings. The van der Waals surface area contributed by atoms with E-state index in [4.69, 9.17) is 9.72 Å². The van der Waals surface area contributed by atoms with E-state index in [9.17, 15) is 13.2 Å². The summed E-state index contributed by atoms with van der Waals surface area (Å²) in [5.41, 5.74) is 2.47. The summed E-state index contributed by atoms with van der Waals surface area (Å²) < 4.78 is 36.8. The molecule has 0 radical (unpaired) electrons. The van der Waals surface area contributed by atoms with Crippen LogP contribution in [0.4, 0.5) is 5.82 Å². The minimum Gasteiger partial charge on any atom is -0.477 e. The first kappa shape index (κ1) is 30.1. The van der Waals surface area contributed by atoms with Crippen molar-refractivity contribution in [3.63, 3.8) is 0 Å². The Morgan fingerprint density at radius 2 is 1.80 bits per heavy atom. The van der Waals surface area contributed by atoms with Crippen LogP contribution < -0.4 is 14.4 Å². The molecule has 1 unspecified atom stereocenters. The molecule has 3 aromatic heterocycles. The van der Waals surface area contributed by atoms with Gasteiger partial charge in [0.15, 0.2) is 10.8 Å². The number of nitrogens with one attached hydrogen (secondary N) is 1. The second-order valence-corrected chi connectivity index (χ2v) is 22.6. The lowest BCUT2D eigenvalue weighted by atomic mass is 10.0. The number of amides is 1. The van der Waals surface area contributed by atoms with Crippen molar-refractivity contribution in [3.8, 4) is 11.7 Å². The second-order valence-electron chi connectivity index (χ2n) is 15.7. The van der Waals surface area contributed by atoms with Crippen molar-refractivity contribution in [1.29, 1.82) is 0 Å². The molecule has 10 nitrogen and oxygen atoms in total. The average molecular weight is 661 g/mol. The van der Waals surface area contributed by atoms with E-state index >= 15 is 0 Å². The van der Waals surface area contributed by atoms with Crippen LogP contribution >= 0.6 is 0 Å². The minimum atomic E-state index is -4.20. The maximum Gasteiger partial charge on any atom is 0.281 e. The van der Waals surface area contributed by atoms with Crippen LogP contribution in [-0.4, -0.2) is 60.8 Å². The van der Waals surface area contributed by atoms with Crippen LogP contribution in [0.25, 0.3) is 5.82 Å². The van der Waals surface area contributed by atoms with Crippen LogP contribution in [0.1, 0.15) is 74.8 Å². The first-order valence-corrected chi connectivity index (χ1v) is 21.6. The van der Waals surface area contributed by atoms with E-state index in [0.717, 1.165) is 43.5 Å². The summed E-state index contributed by atoms with van der Waals surface area (Å²) in [6.07, 6.45) is 11.2. The lowest BCUT2D eigenvalue weighted by Crippen LogP contribution is -2.41. The highest BCUT2D eigenvalue weighted by molar-refractivity contribution is 7.90. The summed E-state index contributed by atoms with van der Waals surface area (Å²) in [5, 5.41) is 4.53. The maximum atomic E-state index is 13.8. The number of hydrogen-bond donors (Lipinski definition) is 1. The number of hydrogen-bond acceptors (Lipinski definition) is 8. The Bertz CT molecular complexity index is 1810. The van der Waals surface area contributed by atoms with Crippen LogP contribution in [-0.2, 0) is 16.4 Å². The molecule has 4 fully saturated rings. The Morgan fingerprint density at radius 3 is 2.54 bits per heavy atom. The van der Waals surface area contributed by atoms with Gasteiger partial charge in [0.1, 0.15) is 5.82 Å². The summed E-state index contributed by atoms with van der Waals surface area (Å²) in [6, 6.07) is 11.3. The normalized spacial score (nSPS) is 26.1. The molecule has 12 heteroatoms. The number of aromatic nitrogens is 4.